The summed E-state index contributed by atoms with van der Waals surface area (Å²) >= 11 is 0. The topological polar surface area (TPSA) is 52.6 Å². The van der Waals surface area contributed by atoms with Crippen LogP contribution in [0.5, 0.6) is 0 Å². The second kappa shape index (κ2) is 7.90. The Labute approximate surface area is 130 Å². The van der Waals surface area contributed by atoms with Gasteiger partial charge in [0.05, 0.1) is 6.26 Å². The van der Waals surface area contributed by atoms with Crippen molar-refractivity contribution in [3.05, 3.63) is 0 Å². The van der Waals surface area contributed by atoms with Crippen molar-refractivity contribution < 1.29 is 8.42 Å². The molecular formula is C15H31N3O2S. The quantitative estimate of drug-likeness (QED) is 0.798. The summed E-state index contributed by atoms with van der Waals surface area (Å²) in [5.41, 5.74) is 0. The molecule has 2 fully saturated rings. The number of rotatable bonds is 6. The van der Waals surface area contributed by atoms with Crippen LogP contribution in [0.3, 0.4) is 0 Å². The van der Waals surface area contributed by atoms with Crippen LogP contribution in [0, 0.1) is 5.92 Å². The summed E-state index contributed by atoms with van der Waals surface area (Å²) < 4.78 is 24.9. The maximum absolute atomic E-state index is 11.6. The Morgan fingerprint density at radius 1 is 1.14 bits per heavy atom. The number of likely N-dealkylation sites (tertiary alicyclic amines) is 1. The molecule has 0 aliphatic carbocycles. The second-order valence-electron chi connectivity index (χ2n) is 6.65. The first-order valence-corrected chi connectivity index (χ1v) is 10.2. The van der Waals surface area contributed by atoms with E-state index < -0.39 is 10.0 Å². The lowest BCUT2D eigenvalue weighted by atomic mass is 9.98. The van der Waals surface area contributed by atoms with E-state index in [1.165, 1.54) is 45.2 Å². The molecule has 2 aliphatic heterocycles. The molecule has 0 spiro atoms. The lowest BCUT2D eigenvalue weighted by Crippen LogP contribution is -2.47. The molecule has 0 radical (unpaired) electrons. The maximum atomic E-state index is 11.6. The minimum Gasteiger partial charge on any atom is -0.314 e. The zero-order chi connectivity index (χ0) is 15.3. The molecule has 0 aromatic carbocycles. The van der Waals surface area contributed by atoms with Gasteiger partial charge in [-0.05, 0) is 64.2 Å². The first-order chi connectivity index (χ1) is 9.99. The zero-order valence-electron chi connectivity index (χ0n) is 13.6. The Morgan fingerprint density at radius 2 is 1.86 bits per heavy atom. The van der Waals surface area contributed by atoms with Gasteiger partial charge in [-0.2, -0.15) is 0 Å². The van der Waals surface area contributed by atoms with Crippen molar-refractivity contribution >= 4 is 10.0 Å². The number of hydrogen-bond donors (Lipinski definition) is 1. The van der Waals surface area contributed by atoms with E-state index in [0.717, 1.165) is 19.4 Å². The van der Waals surface area contributed by atoms with Gasteiger partial charge in [0.1, 0.15) is 0 Å². The lowest BCUT2D eigenvalue weighted by molar-refractivity contribution is 0.187. The maximum Gasteiger partial charge on any atom is 0.211 e. The Hall–Kier alpha value is -0.170. The Balaban J connectivity index is 1.69. The SMILES string of the molecule is CCCN1CCC(NCC2CCCN(S(C)(=O)=O)C2)CC1. The summed E-state index contributed by atoms with van der Waals surface area (Å²) in [4.78, 5) is 2.55. The normalized spacial score (nSPS) is 27.0. The Morgan fingerprint density at radius 3 is 2.48 bits per heavy atom. The Bertz CT molecular complexity index is 405. The van der Waals surface area contributed by atoms with Gasteiger partial charge < -0.3 is 10.2 Å². The van der Waals surface area contributed by atoms with Crippen LogP contribution in [0.15, 0.2) is 0 Å². The second-order valence-corrected chi connectivity index (χ2v) is 8.64. The summed E-state index contributed by atoms with van der Waals surface area (Å²) in [6.45, 7) is 8.21. The molecule has 2 saturated heterocycles. The molecule has 1 unspecified atom stereocenters. The van der Waals surface area contributed by atoms with Gasteiger partial charge in [-0.3, -0.25) is 0 Å². The Kier molecular flexibility index (Phi) is 6.47. The summed E-state index contributed by atoms with van der Waals surface area (Å²) in [7, 11) is -3.02. The fraction of sp³-hybridized carbons (Fsp3) is 1.00. The number of piperidine rings is 2. The monoisotopic (exact) mass is 317 g/mol. The van der Waals surface area contributed by atoms with Gasteiger partial charge in [0.15, 0.2) is 0 Å². The van der Waals surface area contributed by atoms with Crippen molar-refractivity contribution in [1.82, 2.24) is 14.5 Å². The van der Waals surface area contributed by atoms with Crippen LogP contribution in [0.2, 0.25) is 0 Å². The van der Waals surface area contributed by atoms with Gasteiger partial charge in [-0.25, -0.2) is 12.7 Å². The van der Waals surface area contributed by atoms with Crippen molar-refractivity contribution in [1.29, 1.82) is 0 Å². The molecule has 5 nitrogen and oxygen atoms in total. The third-order valence-electron chi connectivity index (χ3n) is 4.77. The van der Waals surface area contributed by atoms with Crippen molar-refractivity contribution in [2.45, 2.75) is 45.1 Å². The van der Waals surface area contributed by atoms with Gasteiger partial charge >= 0.3 is 0 Å². The summed E-state index contributed by atoms with van der Waals surface area (Å²) in [6, 6.07) is 0.617. The largest absolute Gasteiger partial charge is 0.314 e. The van der Waals surface area contributed by atoms with Crippen LogP contribution in [0.4, 0.5) is 0 Å². The molecular weight excluding hydrogens is 286 g/mol. The van der Waals surface area contributed by atoms with Crippen molar-refractivity contribution in [3.63, 3.8) is 0 Å². The third-order valence-corrected chi connectivity index (χ3v) is 6.04. The van der Waals surface area contributed by atoms with E-state index >= 15 is 0 Å². The predicted octanol–water partition coefficient (Wildman–Crippen LogP) is 1.12. The van der Waals surface area contributed by atoms with Gasteiger partial charge in [0, 0.05) is 19.1 Å². The molecule has 0 amide bonds. The minimum absolute atomic E-state index is 0.474. The first-order valence-electron chi connectivity index (χ1n) is 8.40. The van der Waals surface area contributed by atoms with Crippen molar-refractivity contribution in [3.8, 4) is 0 Å². The number of nitrogens with one attached hydrogen (secondary N) is 1. The predicted molar refractivity (Wildman–Crippen MR) is 86.9 cm³/mol. The average molecular weight is 317 g/mol. The molecule has 0 bridgehead atoms. The molecule has 2 rings (SSSR count). The highest BCUT2D eigenvalue weighted by molar-refractivity contribution is 7.88. The highest BCUT2D eigenvalue weighted by Crippen LogP contribution is 2.19. The van der Waals surface area contributed by atoms with E-state index in [-0.39, 0.29) is 0 Å². The smallest absolute Gasteiger partial charge is 0.211 e. The van der Waals surface area contributed by atoms with E-state index in [1.807, 2.05) is 0 Å². The van der Waals surface area contributed by atoms with Crippen LogP contribution in [-0.2, 0) is 10.0 Å². The van der Waals surface area contributed by atoms with E-state index in [0.29, 0.717) is 25.0 Å². The zero-order valence-corrected chi connectivity index (χ0v) is 14.4. The van der Waals surface area contributed by atoms with Crippen LogP contribution in [0.25, 0.3) is 0 Å². The fourth-order valence-electron chi connectivity index (χ4n) is 3.50. The number of hydrogen-bond acceptors (Lipinski definition) is 4. The van der Waals surface area contributed by atoms with Gasteiger partial charge in [0.25, 0.3) is 0 Å². The van der Waals surface area contributed by atoms with E-state index in [9.17, 15) is 8.42 Å². The lowest BCUT2D eigenvalue weighted by Gasteiger charge is -2.35. The summed E-state index contributed by atoms with van der Waals surface area (Å²) in [5, 5.41) is 3.68. The molecule has 0 saturated carbocycles. The minimum atomic E-state index is -3.02. The van der Waals surface area contributed by atoms with Gasteiger partial charge in [-0.15, -0.1) is 0 Å². The molecule has 6 heteroatoms. The summed E-state index contributed by atoms with van der Waals surface area (Å²) in [5.74, 6) is 0.474. The van der Waals surface area contributed by atoms with Gasteiger partial charge in [0.2, 0.25) is 10.0 Å². The van der Waals surface area contributed by atoms with Crippen LogP contribution in [0.1, 0.15) is 39.0 Å². The first kappa shape index (κ1) is 17.2. The standard InChI is InChI=1S/C15H31N3O2S/c1-3-8-17-10-6-15(7-11-17)16-12-14-5-4-9-18(13-14)21(2,19)20/h14-16H,3-13H2,1-2H3. The molecule has 0 aromatic rings. The molecule has 1 atom stereocenters. The third kappa shape index (κ3) is 5.51. The highest BCUT2D eigenvalue weighted by Gasteiger charge is 2.26. The van der Waals surface area contributed by atoms with E-state index in [2.05, 4.69) is 17.1 Å². The number of sulfonamides is 1. The van der Waals surface area contributed by atoms with Gasteiger partial charge in [-0.1, -0.05) is 6.92 Å². The van der Waals surface area contributed by atoms with E-state index in [4.69, 9.17) is 0 Å². The highest BCUT2D eigenvalue weighted by atomic mass is 32.2. The van der Waals surface area contributed by atoms with Crippen LogP contribution in [-0.4, -0.2) is 69.2 Å². The van der Waals surface area contributed by atoms with Crippen LogP contribution >= 0.6 is 0 Å². The molecule has 0 aromatic heterocycles. The molecule has 21 heavy (non-hydrogen) atoms. The summed E-state index contributed by atoms with van der Waals surface area (Å²) in [6.07, 6.45) is 7.15. The van der Waals surface area contributed by atoms with Crippen molar-refractivity contribution in [2.24, 2.45) is 5.92 Å². The average Bonchev–Trinajstić information content (AvgIpc) is 2.46. The van der Waals surface area contributed by atoms with Crippen molar-refractivity contribution in [2.75, 3.05) is 45.5 Å². The molecule has 2 heterocycles. The molecule has 2 aliphatic rings. The van der Waals surface area contributed by atoms with E-state index in [1.54, 1.807) is 4.31 Å². The number of nitrogens with zero attached hydrogens (tertiary/aromatic N) is 2. The molecule has 124 valence electrons. The molecule has 1 N–H and O–H groups in total. The van der Waals surface area contributed by atoms with Crippen LogP contribution < -0.4 is 5.32 Å². The fourth-order valence-corrected chi connectivity index (χ4v) is 4.45.